The van der Waals surface area contributed by atoms with Gasteiger partial charge in [-0.2, -0.15) is 0 Å². The minimum absolute atomic E-state index is 0.310. The van der Waals surface area contributed by atoms with Gasteiger partial charge >= 0.3 is 5.97 Å². The van der Waals surface area contributed by atoms with Crippen LogP contribution in [0.4, 0.5) is 0 Å². The summed E-state index contributed by atoms with van der Waals surface area (Å²) in [5, 5.41) is 0. The minimum atomic E-state index is -0.845. The monoisotopic (exact) mass is 764 g/mol. The third-order valence-electron chi connectivity index (χ3n) is 9.51. The average molecular weight is 765 g/mol. The molecule has 0 aliphatic carbocycles. The molecule has 0 saturated heterocycles. The lowest BCUT2D eigenvalue weighted by Crippen LogP contribution is -2.37. The van der Waals surface area contributed by atoms with Gasteiger partial charge in [0, 0.05) is 24.1 Å². The first kappa shape index (κ1) is 39.0. The maximum Gasteiger partial charge on any atom is 0.310 e. The molecule has 6 aromatic rings. The molecule has 1 heterocycles. The van der Waals surface area contributed by atoms with E-state index in [4.69, 9.17) is 33.2 Å². The molecule has 57 heavy (non-hydrogen) atoms. The fraction of sp³-hybridized carbons (Fsp3) is 0.245. The van der Waals surface area contributed by atoms with Gasteiger partial charge in [-0.15, -0.1) is 0 Å². The largest absolute Gasteiger partial charge is 0.489 e. The number of benzene rings is 6. The lowest BCUT2D eigenvalue weighted by atomic mass is 9.93. The van der Waals surface area contributed by atoms with Gasteiger partial charge in [-0.25, -0.2) is 0 Å². The highest BCUT2D eigenvalue weighted by molar-refractivity contribution is 5.71. The molecule has 0 N–H and O–H groups in total. The molecule has 8 heteroatoms. The van der Waals surface area contributed by atoms with E-state index in [2.05, 4.69) is 0 Å². The van der Waals surface area contributed by atoms with Crippen molar-refractivity contribution in [2.75, 3.05) is 0 Å². The van der Waals surface area contributed by atoms with Crippen LogP contribution in [0.5, 0.6) is 28.7 Å². The Balaban J connectivity index is 1.24. The molecule has 6 aromatic carbocycles. The van der Waals surface area contributed by atoms with Gasteiger partial charge in [0.15, 0.2) is 17.6 Å². The molecule has 0 spiro atoms. The molecule has 0 radical (unpaired) electrons. The van der Waals surface area contributed by atoms with E-state index in [1.807, 2.05) is 152 Å². The van der Waals surface area contributed by atoms with E-state index < -0.39 is 18.5 Å². The fourth-order valence-corrected chi connectivity index (χ4v) is 6.49. The van der Waals surface area contributed by atoms with Crippen molar-refractivity contribution in [1.29, 1.82) is 0 Å². The van der Waals surface area contributed by atoms with Crippen LogP contribution in [0.1, 0.15) is 60.3 Å². The molecule has 1 aliphatic heterocycles. The van der Waals surface area contributed by atoms with Gasteiger partial charge in [0.2, 0.25) is 6.29 Å². The maximum absolute atomic E-state index is 12.7. The fourth-order valence-electron chi connectivity index (χ4n) is 6.49. The Labute approximate surface area is 334 Å². The van der Waals surface area contributed by atoms with Crippen molar-refractivity contribution in [3.63, 3.8) is 0 Å². The zero-order valence-electron chi connectivity index (χ0n) is 32.5. The first-order chi connectivity index (χ1) is 27.9. The van der Waals surface area contributed by atoms with Crippen molar-refractivity contribution in [2.45, 2.75) is 72.1 Å². The maximum atomic E-state index is 12.7. The quantitative estimate of drug-likeness (QED) is 0.0671. The number of carbonyl (C=O) groups is 1. The normalized spacial score (nSPS) is 15.2. The minimum Gasteiger partial charge on any atom is -0.489 e. The van der Waals surface area contributed by atoms with Crippen LogP contribution >= 0.6 is 0 Å². The molecule has 0 aromatic heterocycles. The van der Waals surface area contributed by atoms with Crippen LogP contribution in [0, 0.1) is 5.92 Å². The predicted molar refractivity (Wildman–Crippen MR) is 218 cm³/mol. The molecule has 1 unspecified atom stereocenters. The van der Waals surface area contributed by atoms with Crippen LogP contribution < -0.4 is 23.7 Å². The van der Waals surface area contributed by atoms with Gasteiger partial charge in [0.1, 0.15) is 49.8 Å². The van der Waals surface area contributed by atoms with Crippen molar-refractivity contribution in [2.24, 2.45) is 5.92 Å². The molecule has 292 valence electrons. The van der Waals surface area contributed by atoms with E-state index in [1.165, 1.54) is 0 Å². The first-order valence-electron chi connectivity index (χ1n) is 19.4. The number of esters is 1. The lowest BCUT2D eigenvalue weighted by Gasteiger charge is -2.36. The number of hydrogen-bond acceptors (Lipinski definition) is 8. The highest BCUT2D eigenvalue weighted by Crippen LogP contribution is 2.45. The number of carbonyl (C=O) groups excluding carboxylic acids is 1. The second-order valence-electron chi connectivity index (χ2n) is 14.3. The first-order valence-corrected chi connectivity index (χ1v) is 19.4. The van der Waals surface area contributed by atoms with E-state index in [1.54, 1.807) is 20.8 Å². The summed E-state index contributed by atoms with van der Waals surface area (Å²) in [5.74, 6) is 2.34. The summed E-state index contributed by atoms with van der Waals surface area (Å²) in [6, 6.07) is 49.6. The Bertz CT molecular complexity index is 2170. The standard InChI is InChI=1S/C49H48O8/c1-34(2)49(50)56-35(3)55-47-29-42-44(53-32-38-20-12-6-13-21-38)27-41(51-30-36-16-8-4-9-17-36)28-45(42)57-48(47)40-24-25-43(52-31-37-18-10-5-11-19-37)46(26-40)54-33-39-22-14-7-15-23-39/h4-28,34-35,47-48H,29-33H2,1-3H3/t35?,47-,48-/m1/s1. The Morgan fingerprint density at radius 2 is 1.07 bits per heavy atom. The van der Waals surface area contributed by atoms with Gasteiger partial charge in [-0.05, 0) is 46.9 Å². The second-order valence-corrected chi connectivity index (χ2v) is 14.3. The van der Waals surface area contributed by atoms with E-state index in [9.17, 15) is 4.79 Å². The van der Waals surface area contributed by atoms with Gasteiger partial charge in [0.25, 0.3) is 0 Å². The summed E-state index contributed by atoms with van der Waals surface area (Å²) in [4.78, 5) is 12.7. The van der Waals surface area contributed by atoms with Crippen molar-refractivity contribution < 1.29 is 38.0 Å². The Hall–Kier alpha value is -6.25. The number of hydrogen-bond donors (Lipinski definition) is 0. The Morgan fingerprint density at radius 1 is 0.579 bits per heavy atom. The number of rotatable bonds is 17. The third kappa shape index (κ3) is 10.7. The molecule has 0 amide bonds. The molecule has 0 bridgehead atoms. The molecule has 3 atom stereocenters. The summed E-state index contributed by atoms with van der Waals surface area (Å²) in [6.45, 7) is 6.75. The van der Waals surface area contributed by atoms with Crippen LogP contribution in [0.3, 0.4) is 0 Å². The summed E-state index contributed by atoms with van der Waals surface area (Å²) >= 11 is 0. The summed E-state index contributed by atoms with van der Waals surface area (Å²) < 4.78 is 44.9. The molecule has 7 rings (SSSR count). The third-order valence-corrected chi connectivity index (χ3v) is 9.51. The Morgan fingerprint density at radius 3 is 1.60 bits per heavy atom. The van der Waals surface area contributed by atoms with E-state index >= 15 is 0 Å². The molecular weight excluding hydrogens is 717 g/mol. The van der Waals surface area contributed by atoms with Crippen molar-refractivity contribution >= 4 is 5.97 Å². The molecule has 8 nitrogen and oxygen atoms in total. The molecular formula is C49H48O8. The molecule has 0 fully saturated rings. The van der Waals surface area contributed by atoms with Crippen molar-refractivity contribution in [3.05, 3.63) is 185 Å². The van der Waals surface area contributed by atoms with Gasteiger partial charge < -0.3 is 33.2 Å². The smallest absolute Gasteiger partial charge is 0.310 e. The SMILES string of the molecule is CC(OC(=O)C(C)C)O[C@@H]1Cc2c(OCc3ccccc3)cc(OCc3ccccc3)cc2O[C@@H]1c1ccc(OCc2ccccc2)c(OCc2ccccc2)c1. The van der Waals surface area contributed by atoms with Crippen LogP contribution in [0.15, 0.2) is 152 Å². The van der Waals surface area contributed by atoms with Crippen LogP contribution in [-0.4, -0.2) is 18.4 Å². The van der Waals surface area contributed by atoms with Gasteiger partial charge in [-0.1, -0.05) is 141 Å². The van der Waals surface area contributed by atoms with Crippen molar-refractivity contribution in [1.82, 2.24) is 0 Å². The Kier molecular flexibility index (Phi) is 13.0. The van der Waals surface area contributed by atoms with Gasteiger partial charge in [0.05, 0.1) is 5.92 Å². The van der Waals surface area contributed by atoms with Crippen LogP contribution in [0.25, 0.3) is 0 Å². The van der Waals surface area contributed by atoms with Crippen LogP contribution in [0.2, 0.25) is 0 Å². The highest BCUT2D eigenvalue weighted by atomic mass is 16.7. The zero-order chi connectivity index (χ0) is 39.4. The van der Waals surface area contributed by atoms with Crippen molar-refractivity contribution in [3.8, 4) is 28.7 Å². The van der Waals surface area contributed by atoms with Gasteiger partial charge in [-0.3, -0.25) is 4.79 Å². The predicted octanol–water partition coefficient (Wildman–Crippen LogP) is 10.6. The average Bonchev–Trinajstić information content (AvgIpc) is 3.24. The molecule has 1 aliphatic rings. The topological polar surface area (TPSA) is 81.7 Å². The van der Waals surface area contributed by atoms with E-state index in [0.717, 1.165) is 33.4 Å². The number of ether oxygens (including phenoxy) is 7. The van der Waals surface area contributed by atoms with E-state index in [-0.39, 0.29) is 11.9 Å². The number of fused-ring (bicyclic) bond motifs is 1. The summed E-state index contributed by atoms with van der Waals surface area (Å²) in [5.41, 5.74) is 5.74. The summed E-state index contributed by atoms with van der Waals surface area (Å²) in [6.07, 6.45) is -1.66. The summed E-state index contributed by atoms with van der Waals surface area (Å²) in [7, 11) is 0. The second kappa shape index (κ2) is 19.1. The van der Waals surface area contributed by atoms with E-state index in [0.29, 0.717) is 61.6 Å². The molecule has 0 saturated carbocycles. The lowest BCUT2D eigenvalue weighted by molar-refractivity contribution is -0.198. The van der Waals surface area contributed by atoms with Crippen LogP contribution in [-0.2, 0) is 47.1 Å². The zero-order valence-corrected chi connectivity index (χ0v) is 32.5. The highest BCUT2D eigenvalue weighted by Gasteiger charge is 2.37.